The molecule has 2 heterocycles. The first-order valence-corrected chi connectivity index (χ1v) is 7.76. The third-order valence-corrected chi connectivity index (χ3v) is 4.53. The summed E-state index contributed by atoms with van der Waals surface area (Å²) in [7, 11) is 0. The van der Waals surface area contributed by atoms with Crippen LogP contribution in [0, 0.1) is 5.41 Å². The quantitative estimate of drug-likeness (QED) is 0.739. The molecule has 1 aromatic rings. The Labute approximate surface area is 130 Å². The molecule has 2 aliphatic rings. The molecule has 0 radical (unpaired) electrons. The molecule has 1 fully saturated rings. The maximum atomic E-state index is 12.7. The molecule has 0 bridgehead atoms. The van der Waals surface area contributed by atoms with Crippen LogP contribution >= 0.6 is 0 Å². The van der Waals surface area contributed by atoms with Gasteiger partial charge in [0.25, 0.3) is 0 Å². The molecule has 3 rings (SSSR count). The van der Waals surface area contributed by atoms with Crippen LogP contribution in [0.25, 0.3) is 0 Å². The first-order chi connectivity index (χ1) is 10.3. The van der Waals surface area contributed by atoms with Crippen LogP contribution < -0.4 is 0 Å². The van der Waals surface area contributed by atoms with Crippen molar-refractivity contribution in [3.05, 3.63) is 29.6 Å². The van der Waals surface area contributed by atoms with Crippen molar-refractivity contribution < 1.29 is 14.3 Å². The van der Waals surface area contributed by atoms with Gasteiger partial charge in [-0.3, -0.25) is 9.78 Å². The van der Waals surface area contributed by atoms with Crippen molar-refractivity contribution in [1.29, 1.82) is 0 Å². The number of pyridine rings is 1. The van der Waals surface area contributed by atoms with E-state index in [2.05, 4.69) is 4.98 Å². The summed E-state index contributed by atoms with van der Waals surface area (Å²) in [6, 6.07) is 1.81. The van der Waals surface area contributed by atoms with Crippen molar-refractivity contribution in [3.8, 4) is 0 Å². The van der Waals surface area contributed by atoms with Crippen LogP contribution in [0.2, 0.25) is 0 Å². The topological polar surface area (TPSA) is 59.5 Å². The molecule has 1 aliphatic carbocycles. The van der Waals surface area contributed by atoms with Gasteiger partial charge in [0, 0.05) is 36.5 Å². The van der Waals surface area contributed by atoms with Gasteiger partial charge in [0.2, 0.25) is 0 Å². The predicted molar refractivity (Wildman–Crippen MR) is 81.7 cm³/mol. The summed E-state index contributed by atoms with van der Waals surface area (Å²) in [4.78, 5) is 30.7. The van der Waals surface area contributed by atoms with Crippen LogP contribution in [-0.2, 0) is 11.2 Å². The van der Waals surface area contributed by atoms with Crippen LogP contribution in [0.3, 0.4) is 0 Å². The Balaban J connectivity index is 1.68. The molecule has 0 aromatic carbocycles. The van der Waals surface area contributed by atoms with E-state index in [0.717, 1.165) is 17.5 Å². The Morgan fingerprint density at radius 1 is 1.32 bits per heavy atom. The fourth-order valence-corrected chi connectivity index (χ4v) is 3.37. The van der Waals surface area contributed by atoms with Crippen LogP contribution in [-0.4, -0.2) is 40.5 Å². The van der Waals surface area contributed by atoms with Crippen LogP contribution in [0.4, 0.5) is 4.79 Å². The van der Waals surface area contributed by atoms with Crippen LogP contribution in [0.1, 0.15) is 49.5 Å². The number of aromatic nitrogens is 1. The minimum atomic E-state index is -0.489. The van der Waals surface area contributed by atoms with E-state index >= 15 is 0 Å². The molecule has 1 aliphatic heterocycles. The molecule has 0 saturated carbocycles. The predicted octanol–water partition coefficient (Wildman–Crippen LogP) is 2.84. The molecular weight excluding hydrogens is 280 g/mol. The summed E-state index contributed by atoms with van der Waals surface area (Å²) >= 11 is 0. The second-order valence-electron chi connectivity index (χ2n) is 7.29. The zero-order valence-corrected chi connectivity index (χ0v) is 13.4. The lowest BCUT2D eigenvalue weighted by atomic mass is 9.75. The second-order valence-corrected chi connectivity index (χ2v) is 7.29. The van der Waals surface area contributed by atoms with Gasteiger partial charge >= 0.3 is 6.09 Å². The fourth-order valence-electron chi connectivity index (χ4n) is 3.37. The van der Waals surface area contributed by atoms with Gasteiger partial charge in [-0.1, -0.05) is 0 Å². The molecule has 0 atom stereocenters. The maximum absolute atomic E-state index is 12.7. The first-order valence-electron chi connectivity index (χ1n) is 7.76. The summed E-state index contributed by atoms with van der Waals surface area (Å²) in [6.45, 7) is 6.73. The second kappa shape index (κ2) is 5.07. The van der Waals surface area contributed by atoms with E-state index < -0.39 is 5.60 Å². The number of ether oxygens (including phenoxy) is 1. The standard InChI is InChI=1S/C17H22N2O3/c1-16(2,3)22-15(21)19-8-5-17(6-9-19)10-12-11-18-7-4-13(12)14(17)20/h4,7,11H,5-6,8-10H2,1-3H3. The van der Waals surface area contributed by atoms with Gasteiger partial charge in [0.05, 0.1) is 0 Å². The first kappa shape index (κ1) is 15.0. The zero-order valence-electron chi connectivity index (χ0n) is 13.4. The number of piperidine rings is 1. The van der Waals surface area contributed by atoms with E-state index in [-0.39, 0.29) is 17.3 Å². The number of ketones is 1. The van der Waals surface area contributed by atoms with Gasteiger partial charge in [-0.15, -0.1) is 0 Å². The summed E-state index contributed by atoms with van der Waals surface area (Å²) in [5, 5.41) is 0. The van der Waals surface area contributed by atoms with Gasteiger partial charge in [-0.2, -0.15) is 0 Å². The highest BCUT2D eigenvalue weighted by Crippen LogP contribution is 2.44. The number of likely N-dealkylation sites (tertiary alicyclic amines) is 1. The van der Waals surface area contributed by atoms with E-state index in [1.807, 2.05) is 26.8 Å². The minimum Gasteiger partial charge on any atom is -0.444 e. The number of Topliss-reactive ketones (excluding diaryl/α,β-unsaturated/α-hetero) is 1. The van der Waals surface area contributed by atoms with Gasteiger partial charge in [-0.05, 0) is 51.7 Å². The summed E-state index contributed by atoms with van der Waals surface area (Å²) in [5.41, 5.74) is 1.01. The van der Waals surface area contributed by atoms with Crippen molar-refractivity contribution in [2.45, 2.75) is 45.6 Å². The van der Waals surface area contributed by atoms with Crippen molar-refractivity contribution in [1.82, 2.24) is 9.88 Å². The van der Waals surface area contributed by atoms with Crippen molar-refractivity contribution in [2.75, 3.05) is 13.1 Å². The molecule has 0 unspecified atom stereocenters. The molecule has 5 heteroatoms. The monoisotopic (exact) mass is 302 g/mol. The third-order valence-electron chi connectivity index (χ3n) is 4.53. The van der Waals surface area contributed by atoms with Gasteiger partial charge in [-0.25, -0.2) is 4.79 Å². The Kier molecular flexibility index (Phi) is 3.46. The van der Waals surface area contributed by atoms with Gasteiger partial charge in [0.15, 0.2) is 5.78 Å². The molecule has 1 aromatic heterocycles. The molecular formula is C17H22N2O3. The zero-order chi connectivity index (χ0) is 16.0. The lowest BCUT2D eigenvalue weighted by molar-refractivity contribution is 0.0114. The largest absolute Gasteiger partial charge is 0.444 e. The molecule has 118 valence electrons. The average molecular weight is 302 g/mol. The average Bonchev–Trinajstić information content (AvgIpc) is 2.71. The molecule has 0 N–H and O–H groups in total. The Hall–Kier alpha value is -1.91. The molecule has 5 nitrogen and oxygen atoms in total. The highest BCUT2D eigenvalue weighted by Gasteiger charge is 2.47. The Bertz CT molecular complexity index is 611. The lowest BCUT2D eigenvalue weighted by Crippen LogP contribution is -2.47. The summed E-state index contributed by atoms with van der Waals surface area (Å²) in [5.74, 6) is 0.216. The van der Waals surface area contributed by atoms with Crippen molar-refractivity contribution in [3.63, 3.8) is 0 Å². The number of fused-ring (bicyclic) bond motifs is 1. The van der Waals surface area contributed by atoms with Crippen LogP contribution in [0.15, 0.2) is 18.5 Å². The van der Waals surface area contributed by atoms with Crippen molar-refractivity contribution in [2.24, 2.45) is 5.41 Å². The Morgan fingerprint density at radius 3 is 2.59 bits per heavy atom. The number of rotatable bonds is 0. The molecule has 1 spiro atoms. The van der Waals surface area contributed by atoms with Gasteiger partial charge in [0.1, 0.15) is 5.60 Å². The summed E-state index contributed by atoms with van der Waals surface area (Å²) < 4.78 is 5.41. The number of carbonyl (C=O) groups is 2. The van der Waals surface area contributed by atoms with E-state index in [0.29, 0.717) is 25.9 Å². The van der Waals surface area contributed by atoms with Crippen molar-refractivity contribution >= 4 is 11.9 Å². The SMILES string of the molecule is CC(C)(C)OC(=O)N1CCC2(CC1)Cc1cnccc1C2=O. The highest BCUT2D eigenvalue weighted by molar-refractivity contribution is 6.04. The highest BCUT2D eigenvalue weighted by atomic mass is 16.6. The molecule has 1 amide bonds. The fraction of sp³-hybridized carbons (Fsp3) is 0.588. The lowest BCUT2D eigenvalue weighted by Gasteiger charge is -2.38. The maximum Gasteiger partial charge on any atom is 0.410 e. The van der Waals surface area contributed by atoms with E-state index in [1.54, 1.807) is 17.3 Å². The minimum absolute atomic E-state index is 0.216. The number of carbonyl (C=O) groups excluding carboxylic acids is 2. The van der Waals surface area contributed by atoms with E-state index in [9.17, 15) is 9.59 Å². The number of nitrogens with zero attached hydrogens (tertiary/aromatic N) is 2. The smallest absolute Gasteiger partial charge is 0.410 e. The number of amides is 1. The van der Waals surface area contributed by atoms with E-state index in [4.69, 9.17) is 4.74 Å². The molecule has 22 heavy (non-hydrogen) atoms. The normalized spacial score (nSPS) is 20.1. The third kappa shape index (κ3) is 2.60. The Morgan fingerprint density at radius 2 is 2.00 bits per heavy atom. The van der Waals surface area contributed by atoms with Gasteiger partial charge < -0.3 is 9.64 Å². The number of hydrogen-bond acceptors (Lipinski definition) is 4. The van der Waals surface area contributed by atoms with E-state index in [1.165, 1.54) is 0 Å². The molecule has 1 saturated heterocycles. The van der Waals surface area contributed by atoms with Crippen LogP contribution in [0.5, 0.6) is 0 Å². The number of hydrogen-bond donors (Lipinski definition) is 0. The summed E-state index contributed by atoms with van der Waals surface area (Å²) in [6.07, 6.45) is 5.32.